The van der Waals surface area contributed by atoms with Crippen LogP contribution in [-0.2, 0) is 0 Å². The number of nitrogens with zero attached hydrogens (tertiary/aromatic N) is 4. The summed E-state index contributed by atoms with van der Waals surface area (Å²) < 4.78 is 2.79. The SMILES string of the molecule is Brc1cccc(Nc2cnc3c(cnn3-c3ccccc3)n2)c1. The molecule has 0 amide bonds. The quantitative estimate of drug-likeness (QED) is 0.587. The molecular weight excluding hydrogens is 354 g/mol. The molecule has 23 heavy (non-hydrogen) atoms. The van der Waals surface area contributed by atoms with Crippen LogP contribution in [0.4, 0.5) is 11.5 Å². The van der Waals surface area contributed by atoms with Crippen molar-refractivity contribution in [2.75, 3.05) is 5.32 Å². The zero-order chi connectivity index (χ0) is 15.6. The fourth-order valence-electron chi connectivity index (χ4n) is 2.35. The van der Waals surface area contributed by atoms with Crippen molar-refractivity contribution in [2.45, 2.75) is 0 Å². The lowest BCUT2D eigenvalue weighted by Gasteiger charge is -2.06. The molecule has 0 aliphatic rings. The molecule has 0 saturated carbocycles. The molecule has 0 saturated heterocycles. The smallest absolute Gasteiger partial charge is 0.181 e. The number of fused-ring (bicyclic) bond motifs is 1. The van der Waals surface area contributed by atoms with Crippen LogP contribution in [0.1, 0.15) is 0 Å². The monoisotopic (exact) mass is 365 g/mol. The van der Waals surface area contributed by atoms with E-state index < -0.39 is 0 Å². The highest BCUT2D eigenvalue weighted by Gasteiger charge is 2.08. The number of benzene rings is 2. The Hall–Kier alpha value is -2.73. The molecule has 4 aromatic rings. The lowest BCUT2D eigenvalue weighted by Crippen LogP contribution is -1.99. The third-order valence-corrected chi connectivity index (χ3v) is 3.87. The number of nitrogens with one attached hydrogen (secondary N) is 1. The molecule has 4 rings (SSSR count). The second-order valence-electron chi connectivity index (χ2n) is 4.99. The first kappa shape index (κ1) is 13.9. The van der Waals surface area contributed by atoms with Gasteiger partial charge in [-0.25, -0.2) is 14.6 Å². The molecule has 0 fully saturated rings. The van der Waals surface area contributed by atoms with Crippen LogP contribution in [0.5, 0.6) is 0 Å². The Kier molecular flexibility index (Phi) is 3.51. The summed E-state index contributed by atoms with van der Waals surface area (Å²) in [6.45, 7) is 0. The number of halogens is 1. The van der Waals surface area contributed by atoms with E-state index in [-0.39, 0.29) is 0 Å². The van der Waals surface area contributed by atoms with Crippen molar-refractivity contribution in [3.63, 3.8) is 0 Å². The van der Waals surface area contributed by atoms with E-state index in [2.05, 4.69) is 36.3 Å². The van der Waals surface area contributed by atoms with Crippen molar-refractivity contribution in [1.29, 1.82) is 0 Å². The zero-order valence-corrected chi connectivity index (χ0v) is 13.6. The molecule has 0 bridgehead atoms. The first-order chi connectivity index (χ1) is 11.3. The predicted octanol–water partition coefficient (Wildman–Crippen LogP) is 4.32. The minimum absolute atomic E-state index is 0.684. The minimum Gasteiger partial charge on any atom is -0.339 e. The first-order valence-electron chi connectivity index (χ1n) is 7.08. The number of aromatic nitrogens is 4. The summed E-state index contributed by atoms with van der Waals surface area (Å²) in [6.07, 6.45) is 3.44. The van der Waals surface area contributed by atoms with E-state index in [1.165, 1.54) is 0 Å². The molecule has 0 aliphatic carbocycles. The van der Waals surface area contributed by atoms with Gasteiger partial charge < -0.3 is 5.32 Å². The summed E-state index contributed by atoms with van der Waals surface area (Å²) in [5.41, 5.74) is 3.39. The van der Waals surface area contributed by atoms with Crippen LogP contribution >= 0.6 is 15.9 Å². The number of hydrogen-bond acceptors (Lipinski definition) is 4. The Labute approximate surface area is 141 Å². The molecule has 0 unspecified atom stereocenters. The highest BCUT2D eigenvalue weighted by atomic mass is 79.9. The fourth-order valence-corrected chi connectivity index (χ4v) is 2.75. The number of rotatable bonds is 3. The van der Waals surface area contributed by atoms with Gasteiger partial charge in [0.15, 0.2) is 5.65 Å². The molecule has 0 radical (unpaired) electrons. The lowest BCUT2D eigenvalue weighted by atomic mass is 10.3. The molecule has 6 heteroatoms. The molecular formula is C17H12BrN5. The molecule has 2 aromatic heterocycles. The van der Waals surface area contributed by atoms with Gasteiger partial charge in [0, 0.05) is 10.2 Å². The number of anilines is 2. The van der Waals surface area contributed by atoms with E-state index in [0.717, 1.165) is 27.0 Å². The second kappa shape index (κ2) is 5.81. The van der Waals surface area contributed by atoms with Crippen LogP contribution in [0.2, 0.25) is 0 Å². The van der Waals surface area contributed by atoms with Crippen molar-refractivity contribution in [3.8, 4) is 5.69 Å². The fraction of sp³-hybridized carbons (Fsp3) is 0. The largest absolute Gasteiger partial charge is 0.339 e. The first-order valence-corrected chi connectivity index (χ1v) is 7.88. The van der Waals surface area contributed by atoms with Gasteiger partial charge >= 0.3 is 0 Å². The van der Waals surface area contributed by atoms with Crippen molar-refractivity contribution in [2.24, 2.45) is 0 Å². The van der Waals surface area contributed by atoms with Crippen LogP contribution in [0.25, 0.3) is 16.9 Å². The van der Waals surface area contributed by atoms with E-state index >= 15 is 0 Å². The summed E-state index contributed by atoms with van der Waals surface area (Å²) >= 11 is 3.46. The Morgan fingerprint density at radius 3 is 2.65 bits per heavy atom. The van der Waals surface area contributed by atoms with Gasteiger partial charge in [0.25, 0.3) is 0 Å². The average molecular weight is 366 g/mol. The van der Waals surface area contributed by atoms with Gasteiger partial charge in [0.2, 0.25) is 0 Å². The van der Waals surface area contributed by atoms with E-state index in [1.54, 1.807) is 17.1 Å². The molecule has 0 spiro atoms. The van der Waals surface area contributed by atoms with Crippen molar-refractivity contribution < 1.29 is 0 Å². The van der Waals surface area contributed by atoms with Crippen molar-refractivity contribution >= 4 is 38.6 Å². The van der Waals surface area contributed by atoms with E-state index in [9.17, 15) is 0 Å². The minimum atomic E-state index is 0.684. The number of para-hydroxylation sites is 1. The van der Waals surface area contributed by atoms with Crippen LogP contribution < -0.4 is 5.32 Å². The summed E-state index contributed by atoms with van der Waals surface area (Å²) in [4.78, 5) is 9.07. The van der Waals surface area contributed by atoms with Crippen molar-refractivity contribution in [3.05, 3.63) is 71.5 Å². The van der Waals surface area contributed by atoms with Crippen LogP contribution in [0.3, 0.4) is 0 Å². The maximum absolute atomic E-state index is 4.57. The van der Waals surface area contributed by atoms with Gasteiger partial charge in [0.1, 0.15) is 11.3 Å². The normalized spacial score (nSPS) is 10.8. The van der Waals surface area contributed by atoms with Crippen LogP contribution in [0.15, 0.2) is 71.5 Å². The predicted molar refractivity (Wildman–Crippen MR) is 94.1 cm³/mol. The van der Waals surface area contributed by atoms with Gasteiger partial charge in [-0.05, 0) is 30.3 Å². The van der Waals surface area contributed by atoms with Gasteiger partial charge in [-0.15, -0.1) is 0 Å². The molecule has 0 aliphatic heterocycles. The highest BCUT2D eigenvalue weighted by Crippen LogP contribution is 2.21. The Bertz CT molecular complexity index is 965. The molecule has 2 aromatic carbocycles. The summed E-state index contributed by atoms with van der Waals surface area (Å²) in [5.74, 6) is 0.684. The van der Waals surface area contributed by atoms with Crippen LogP contribution in [0, 0.1) is 0 Å². The van der Waals surface area contributed by atoms with Gasteiger partial charge in [0.05, 0.1) is 18.1 Å². The Morgan fingerprint density at radius 1 is 0.957 bits per heavy atom. The Morgan fingerprint density at radius 2 is 1.83 bits per heavy atom. The van der Waals surface area contributed by atoms with E-state index in [0.29, 0.717) is 5.82 Å². The van der Waals surface area contributed by atoms with E-state index in [1.807, 2.05) is 54.6 Å². The highest BCUT2D eigenvalue weighted by molar-refractivity contribution is 9.10. The summed E-state index contributed by atoms with van der Waals surface area (Å²) in [7, 11) is 0. The van der Waals surface area contributed by atoms with E-state index in [4.69, 9.17) is 0 Å². The average Bonchev–Trinajstić information content (AvgIpc) is 2.99. The maximum Gasteiger partial charge on any atom is 0.181 e. The van der Waals surface area contributed by atoms with Gasteiger partial charge in [-0.1, -0.05) is 40.2 Å². The standard InChI is InChI=1S/C17H12BrN5/c18-12-5-4-6-13(9-12)21-16-11-19-17-15(22-16)10-20-23(17)14-7-2-1-3-8-14/h1-11H,(H,21,22). The topological polar surface area (TPSA) is 55.6 Å². The van der Waals surface area contributed by atoms with Gasteiger partial charge in [-0.2, -0.15) is 5.10 Å². The summed E-state index contributed by atoms with van der Waals surface area (Å²) in [5, 5.41) is 7.63. The molecule has 112 valence electrons. The maximum atomic E-state index is 4.57. The third-order valence-electron chi connectivity index (χ3n) is 3.37. The van der Waals surface area contributed by atoms with Crippen LogP contribution in [-0.4, -0.2) is 19.7 Å². The zero-order valence-electron chi connectivity index (χ0n) is 12.0. The second-order valence-corrected chi connectivity index (χ2v) is 5.91. The molecule has 0 atom stereocenters. The lowest BCUT2D eigenvalue weighted by molar-refractivity contribution is 0.897. The summed E-state index contributed by atoms with van der Waals surface area (Å²) in [6, 6.07) is 17.8. The van der Waals surface area contributed by atoms with Gasteiger partial charge in [-0.3, -0.25) is 0 Å². The Balaban J connectivity index is 1.70. The third kappa shape index (κ3) is 2.80. The molecule has 1 N–H and O–H groups in total. The molecule has 2 heterocycles. The molecule has 5 nitrogen and oxygen atoms in total. The van der Waals surface area contributed by atoms with Crippen molar-refractivity contribution in [1.82, 2.24) is 19.7 Å². The number of hydrogen-bond donors (Lipinski definition) is 1.